The van der Waals surface area contributed by atoms with Gasteiger partial charge in [-0.1, -0.05) is 56.9 Å². The summed E-state index contributed by atoms with van der Waals surface area (Å²) in [5, 5.41) is 13.7. The standard InChI is InChI=1S/C30H37FN2O5/c1-19(2)38-24-11-8-21(18-23(24)31)27(34)25-26(20-6-9-22(10-7-20)30(3,4)5)33(29(36)28(25)35)13-12-32-14-16-37-17-15-32/h6-11,18-19,26,34H,12-17H2,1-5H3. The molecule has 2 aliphatic heterocycles. The van der Waals surface area contributed by atoms with Gasteiger partial charge in [-0.05, 0) is 48.1 Å². The van der Waals surface area contributed by atoms with E-state index in [0.717, 1.165) is 24.7 Å². The molecule has 0 aliphatic carbocycles. The number of quaternary nitrogens is 1. The molecule has 1 unspecified atom stereocenters. The molecular formula is C30H37FN2O5. The summed E-state index contributed by atoms with van der Waals surface area (Å²) < 4.78 is 25.6. The lowest BCUT2D eigenvalue weighted by atomic mass is 9.85. The van der Waals surface area contributed by atoms with Crippen LogP contribution in [-0.4, -0.2) is 62.1 Å². The number of benzene rings is 2. The SMILES string of the molecule is CC(C)Oc1ccc(C([O-])=C2C(=O)C(=O)N(CC[NH+]3CCOCC3)C2c2ccc(C(C)(C)C)cc2)cc1F. The Kier molecular flexibility index (Phi) is 8.23. The summed E-state index contributed by atoms with van der Waals surface area (Å²) in [5.41, 5.74) is 1.55. The van der Waals surface area contributed by atoms with Gasteiger partial charge in [0.25, 0.3) is 5.91 Å². The smallest absolute Gasteiger partial charge is 0.295 e. The monoisotopic (exact) mass is 524 g/mol. The Morgan fingerprint density at radius 1 is 1.13 bits per heavy atom. The van der Waals surface area contributed by atoms with Gasteiger partial charge in [0.15, 0.2) is 11.6 Å². The van der Waals surface area contributed by atoms with E-state index in [4.69, 9.17) is 9.47 Å². The molecule has 1 atom stereocenters. The number of nitrogens with zero attached hydrogens (tertiary/aromatic N) is 1. The van der Waals surface area contributed by atoms with E-state index in [1.165, 1.54) is 21.9 Å². The fraction of sp³-hybridized carbons (Fsp3) is 0.467. The minimum atomic E-state index is -0.841. The molecule has 0 spiro atoms. The Morgan fingerprint density at radius 2 is 1.79 bits per heavy atom. The van der Waals surface area contributed by atoms with Crippen LogP contribution in [0.1, 0.15) is 57.4 Å². The lowest BCUT2D eigenvalue weighted by molar-refractivity contribution is -0.907. The summed E-state index contributed by atoms with van der Waals surface area (Å²) in [5.74, 6) is -2.85. The minimum absolute atomic E-state index is 0.00622. The maximum absolute atomic E-state index is 14.7. The van der Waals surface area contributed by atoms with Crippen molar-refractivity contribution in [3.63, 3.8) is 0 Å². The number of amides is 1. The number of rotatable bonds is 7. The normalized spacial score (nSPS) is 20.4. The third-order valence-corrected chi connectivity index (χ3v) is 7.08. The number of morpholine rings is 1. The first kappa shape index (κ1) is 27.8. The van der Waals surface area contributed by atoms with E-state index in [1.54, 1.807) is 13.8 Å². The molecule has 2 aromatic rings. The van der Waals surface area contributed by atoms with E-state index < -0.39 is 29.3 Å². The fourth-order valence-electron chi connectivity index (χ4n) is 4.95. The average Bonchev–Trinajstić information content (AvgIpc) is 3.13. The number of ketones is 1. The molecule has 0 radical (unpaired) electrons. The number of hydrogen-bond acceptors (Lipinski definition) is 5. The van der Waals surface area contributed by atoms with Crippen LogP contribution in [0.25, 0.3) is 5.76 Å². The summed E-state index contributed by atoms with van der Waals surface area (Å²) in [6.45, 7) is 13.8. The molecule has 2 aromatic carbocycles. The second-order valence-corrected chi connectivity index (χ2v) is 11.3. The zero-order valence-corrected chi connectivity index (χ0v) is 22.8. The van der Waals surface area contributed by atoms with Crippen LogP contribution in [0.4, 0.5) is 4.39 Å². The van der Waals surface area contributed by atoms with Crippen LogP contribution in [0.3, 0.4) is 0 Å². The van der Waals surface area contributed by atoms with Crippen molar-refractivity contribution >= 4 is 17.4 Å². The molecule has 4 rings (SSSR count). The van der Waals surface area contributed by atoms with E-state index >= 15 is 0 Å². The molecule has 204 valence electrons. The number of ether oxygens (including phenoxy) is 2. The van der Waals surface area contributed by atoms with Crippen molar-refractivity contribution in [1.82, 2.24) is 4.90 Å². The summed E-state index contributed by atoms with van der Waals surface area (Å²) in [6.07, 6.45) is -0.239. The molecule has 0 saturated carbocycles. The number of likely N-dealkylation sites (tertiary alicyclic amines) is 1. The molecular weight excluding hydrogens is 487 g/mol. The Bertz CT molecular complexity index is 1210. The summed E-state index contributed by atoms with van der Waals surface area (Å²) in [6, 6.07) is 10.7. The van der Waals surface area contributed by atoms with Gasteiger partial charge >= 0.3 is 0 Å². The number of nitrogens with one attached hydrogen (secondary N) is 1. The Hall–Kier alpha value is -3.23. The summed E-state index contributed by atoms with van der Waals surface area (Å²) in [4.78, 5) is 29.3. The number of carbonyl (C=O) groups excluding carboxylic acids is 2. The lowest BCUT2D eigenvalue weighted by Gasteiger charge is -2.30. The highest BCUT2D eigenvalue weighted by Crippen LogP contribution is 2.39. The van der Waals surface area contributed by atoms with Crippen molar-refractivity contribution in [1.29, 1.82) is 0 Å². The zero-order chi connectivity index (χ0) is 27.6. The molecule has 2 fully saturated rings. The lowest BCUT2D eigenvalue weighted by Crippen LogP contribution is -3.14. The van der Waals surface area contributed by atoms with Gasteiger partial charge in [0.1, 0.15) is 13.1 Å². The van der Waals surface area contributed by atoms with E-state index in [0.29, 0.717) is 31.9 Å². The van der Waals surface area contributed by atoms with Gasteiger partial charge in [-0.25, -0.2) is 4.39 Å². The molecule has 1 N–H and O–H groups in total. The Balaban J connectivity index is 1.75. The minimum Gasteiger partial charge on any atom is -0.872 e. The Labute approximate surface area is 223 Å². The second-order valence-electron chi connectivity index (χ2n) is 11.3. The molecule has 38 heavy (non-hydrogen) atoms. The van der Waals surface area contributed by atoms with Crippen molar-refractivity contribution < 1.29 is 33.5 Å². The van der Waals surface area contributed by atoms with Gasteiger partial charge in [0.05, 0.1) is 38.4 Å². The van der Waals surface area contributed by atoms with E-state index in [1.807, 2.05) is 24.3 Å². The quantitative estimate of drug-likeness (QED) is 0.341. The molecule has 2 aliphatic rings. The highest BCUT2D eigenvalue weighted by atomic mass is 19.1. The van der Waals surface area contributed by atoms with Gasteiger partial charge < -0.3 is 24.4 Å². The van der Waals surface area contributed by atoms with Crippen LogP contribution >= 0.6 is 0 Å². The maximum atomic E-state index is 14.7. The highest BCUT2D eigenvalue weighted by molar-refractivity contribution is 6.46. The Morgan fingerprint density at radius 3 is 2.37 bits per heavy atom. The van der Waals surface area contributed by atoms with Gasteiger partial charge in [0, 0.05) is 5.57 Å². The predicted molar refractivity (Wildman–Crippen MR) is 140 cm³/mol. The van der Waals surface area contributed by atoms with Gasteiger partial charge in [-0.2, -0.15) is 0 Å². The maximum Gasteiger partial charge on any atom is 0.295 e. The number of hydrogen-bond donors (Lipinski definition) is 1. The predicted octanol–water partition coefficient (Wildman–Crippen LogP) is 2.05. The van der Waals surface area contributed by atoms with Crippen LogP contribution in [0.2, 0.25) is 0 Å². The topological polar surface area (TPSA) is 83.3 Å². The molecule has 8 heteroatoms. The first-order chi connectivity index (χ1) is 18.0. The summed E-state index contributed by atoms with van der Waals surface area (Å²) >= 11 is 0. The van der Waals surface area contributed by atoms with Gasteiger partial charge in [-0.15, -0.1) is 0 Å². The molecule has 2 saturated heterocycles. The van der Waals surface area contributed by atoms with Crippen LogP contribution in [0, 0.1) is 5.82 Å². The third-order valence-electron chi connectivity index (χ3n) is 7.08. The van der Waals surface area contributed by atoms with E-state index in [2.05, 4.69) is 20.8 Å². The number of halogens is 1. The van der Waals surface area contributed by atoms with Gasteiger partial charge in [0.2, 0.25) is 5.78 Å². The number of Topliss-reactive ketones (excluding diaryl/α,β-unsaturated/α-hetero) is 1. The van der Waals surface area contributed by atoms with Gasteiger partial charge in [-0.3, -0.25) is 9.59 Å². The van der Waals surface area contributed by atoms with Crippen LogP contribution in [0.15, 0.2) is 48.0 Å². The van der Waals surface area contributed by atoms with Crippen LogP contribution in [0.5, 0.6) is 5.75 Å². The molecule has 2 heterocycles. The fourth-order valence-corrected chi connectivity index (χ4v) is 4.95. The van der Waals surface area contributed by atoms with Crippen molar-refractivity contribution in [2.45, 2.75) is 52.2 Å². The number of carbonyl (C=O) groups is 2. The zero-order valence-electron chi connectivity index (χ0n) is 22.8. The van der Waals surface area contributed by atoms with Crippen LogP contribution < -0.4 is 14.7 Å². The van der Waals surface area contributed by atoms with Crippen molar-refractivity contribution in [3.8, 4) is 5.75 Å². The third kappa shape index (κ3) is 5.92. The highest BCUT2D eigenvalue weighted by Gasteiger charge is 2.44. The average molecular weight is 525 g/mol. The van der Waals surface area contributed by atoms with Crippen LogP contribution in [-0.2, 0) is 19.7 Å². The van der Waals surface area contributed by atoms with E-state index in [9.17, 15) is 19.1 Å². The van der Waals surface area contributed by atoms with E-state index in [-0.39, 0.29) is 28.4 Å². The largest absolute Gasteiger partial charge is 0.872 e. The molecule has 7 nitrogen and oxygen atoms in total. The molecule has 1 amide bonds. The first-order valence-electron chi connectivity index (χ1n) is 13.2. The second kappa shape index (κ2) is 11.3. The first-order valence-corrected chi connectivity index (χ1v) is 13.2. The summed E-state index contributed by atoms with van der Waals surface area (Å²) in [7, 11) is 0. The van der Waals surface area contributed by atoms with Crippen molar-refractivity contribution in [2.75, 3.05) is 39.4 Å². The molecule has 0 aromatic heterocycles. The van der Waals surface area contributed by atoms with Crippen molar-refractivity contribution in [2.24, 2.45) is 0 Å². The molecule has 0 bridgehead atoms. The van der Waals surface area contributed by atoms with Crippen molar-refractivity contribution in [3.05, 3.63) is 70.5 Å².